The largest absolute Gasteiger partial charge is 0.497 e. The number of aryl methyl sites for hydroxylation is 1. The fourth-order valence-corrected chi connectivity index (χ4v) is 6.04. The van der Waals surface area contributed by atoms with Gasteiger partial charge in [-0.2, -0.15) is 0 Å². The molecule has 12 heteroatoms. The van der Waals surface area contributed by atoms with Crippen molar-refractivity contribution in [2.45, 2.75) is 39.5 Å². The second kappa shape index (κ2) is 22.7. The van der Waals surface area contributed by atoms with Crippen LogP contribution in [0.1, 0.15) is 49.6 Å². The third-order valence-corrected chi connectivity index (χ3v) is 9.08. The molecule has 2 heterocycles. The van der Waals surface area contributed by atoms with E-state index < -0.39 is 9.41 Å². The van der Waals surface area contributed by atoms with Crippen molar-refractivity contribution >= 4 is 65.1 Å². The van der Waals surface area contributed by atoms with Crippen molar-refractivity contribution in [3.05, 3.63) is 155 Å². The molecule has 0 saturated heterocycles. The van der Waals surface area contributed by atoms with Crippen molar-refractivity contribution in [2.75, 3.05) is 42.0 Å². The molecule has 286 valence electrons. The molecule has 6 aromatic rings. The molecule has 5 N–H and O–H groups in total. The molecule has 6 rings (SSSR count). The van der Waals surface area contributed by atoms with E-state index in [2.05, 4.69) is 67.0 Å². The van der Waals surface area contributed by atoms with Gasteiger partial charge in [0, 0.05) is 64.1 Å². The Morgan fingerprint density at radius 2 is 1.24 bits per heavy atom. The van der Waals surface area contributed by atoms with E-state index in [9.17, 15) is 4.46 Å². The molecule has 0 spiro atoms. The number of rotatable bonds is 14. The summed E-state index contributed by atoms with van der Waals surface area (Å²) in [4.78, 5) is 8.60. The Bertz CT molecular complexity index is 2010. The van der Waals surface area contributed by atoms with E-state index in [0.717, 1.165) is 61.4 Å². The highest BCUT2D eigenvalue weighted by Crippen LogP contribution is 2.26. The first kappa shape index (κ1) is 42.3. The molecular formula is C43H49BrN6O4Si. The average Bonchev–Trinajstić information content (AvgIpc) is 3.18. The SMILES string of the molecule is CCOC(C)c1ccc(Nc2cccc(Nc3cccc(OC)c3)c2)cn1.CCOC([SiH]=O)c1ccc(Br)cn1.Cc1cccc(Nc2cccc(N)c2)c1. The summed E-state index contributed by atoms with van der Waals surface area (Å²) < 4.78 is 27.8. The lowest BCUT2D eigenvalue weighted by Gasteiger charge is -2.13. The first-order valence-electron chi connectivity index (χ1n) is 17.9. The Hall–Kier alpha value is -5.40. The van der Waals surface area contributed by atoms with Gasteiger partial charge in [0.25, 0.3) is 9.41 Å². The number of ether oxygens (including phenoxy) is 3. The molecule has 0 bridgehead atoms. The third-order valence-electron chi connectivity index (χ3n) is 7.83. The molecule has 2 atom stereocenters. The molecule has 0 amide bonds. The van der Waals surface area contributed by atoms with Gasteiger partial charge in [-0.25, -0.2) is 0 Å². The number of halogens is 1. The number of hydrogen-bond donors (Lipinski definition) is 4. The zero-order valence-corrected chi connectivity index (χ0v) is 34.6. The first-order valence-corrected chi connectivity index (χ1v) is 19.9. The quantitative estimate of drug-likeness (QED) is 0.0622. The maximum atomic E-state index is 10.8. The zero-order chi connectivity index (χ0) is 39.4. The Labute approximate surface area is 334 Å². The predicted molar refractivity (Wildman–Crippen MR) is 230 cm³/mol. The minimum absolute atomic E-state index is 0.000517. The van der Waals surface area contributed by atoms with Crippen molar-refractivity contribution in [2.24, 2.45) is 0 Å². The van der Waals surface area contributed by atoms with Crippen LogP contribution in [-0.4, -0.2) is 39.7 Å². The van der Waals surface area contributed by atoms with Crippen LogP contribution in [0.15, 0.2) is 138 Å². The van der Waals surface area contributed by atoms with E-state index in [1.54, 1.807) is 13.3 Å². The van der Waals surface area contributed by atoms with Gasteiger partial charge in [-0.3, -0.25) is 9.97 Å². The number of nitrogens with two attached hydrogens (primary N) is 1. The average molecular weight is 822 g/mol. The zero-order valence-electron chi connectivity index (χ0n) is 31.8. The standard InChI is InChI=1S/C22H25N3O2.C13H14N2.C8H10BrNO2Si/c1-4-27-16(2)22-12-11-20(15-23-22)25-18-8-5-7-17(13-18)24-19-9-6-10-21(14-19)26-3;1-10-4-2-6-12(8-10)15-13-7-3-5-11(14)9-13;1-2-12-8(13-11)7-4-3-6(9)5-10-7/h5-16,24-25H,4H2,1-3H3;2-9,15H,14H2,1H3;3-5,8,13H,2H2,1H3. The number of nitrogens with one attached hydrogen (secondary N) is 3. The molecule has 4 aromatic carbocycles. The minimum Gasteiger partial charge on any atom is -0.497 e. The lowest BCUT2D eigenvalue weighted by Crippen LogP contribution is -2.08. The minimum atomic E-state index is -0.982. The van der Waals surface area contributed by atoms with Crippen LogP contribution in [0, 0.1) is 6.92 Å². The highest BCUT2D eigenvalue weighted by atomic mass is 79.9. The molecule has 0 aliphatic heterocycles. The van der Waals surface area contributed by atoms with E-state index in [-0.39, 0.29) is 11.8 Å². The molecule has 0 aliphatic rings. The van der Waals surface area contributed by atoms with Gasteiger partial charge < -0.3 is 40.4 Å². The van der Waals surface area contributed by atoms with Crippen LogP contribution in [0.2, 0.25) is 0 Å². The van der Waals surface area contributed by atoms with E-state index in [0.29, 0.717) is 13.2 Å². The van der Waals surface area contributed by atoms with Crippen LogP contribution in [0.5, 0.6) is 5.75 Å². The van der Waals surface area contributed by atoms with Crippen LogP contribution >= 0.6 is 15.9 Å². The van der Waals surface area contributed by atoms with E-state index >= 15 is 0 Å². The molecule has 0 aliphatic carbocycles. The second-order valence-electron chi connectivity index (χ2n) is 12.2. The van der Waals surface area contributed by atoms with Crippen molar-refractivity contribution in [3.8, 4) is 5.75 Å². The van der Waals surface area contributed by atoms with Crippen LogP contribution in [-0.2, 0) is 13.9 Å². The van der Waals surface area contributed by atoms with Crippen LogP contribution in [0.4, 0.5) is 39.8 Å². The van der Waals surface area contributed by atoms with E-state index in [4.69, 9.17) is 19.9 Å². The molecule has 0 saturated carbocycles. The summed E-state index contributed by atoms with van der Waals surface area (Å²) in [6.45, 7) is 9.17. The van der Waals surface area contributed by atoms with Gasteiger partial charge >= 0.3 is 0 Å². The number of nitrogen functional groups attached to an aromatic ring is 1. The van der Waals surface area contributed by atoms with Gasteiger partial charge in [0.05, 0.1) is 36.5 Å². The Balaban J connectivity index is 0.000000202. The second-order valence-corrected chi connectivity index (χ2v) is 14.0. The fourth-order valence-electron chi connectivity index (χ4n) is 5.20. The normalized spacial score (nSPS) is 11.4. The summed E-state index contributed by atoms with van der Waals surface area (Å²) in [7, 11) is 0.683. The number of pyridine rings is 2. The van der Waals surface area contributed by atoms with Gasteiger partial charge in [-0.15, -0.1) is 0 Å². The molecule has 55 heavy (non-hydrogen) atoms. The topological polar surface area (TPSA) is 133 Å². The summed E-state index contributed by atoms with van der Waals surface area (Å²) in [6, 6.07) is 39.6. The number of aromatic nitrogens is 2. The summed E-state index contributed by atoms with van der Waals surface area (Å²) in [6.07, 6.45) is 3.50. The predicted octanol–water partition coefficient (Wildman–Crippen LogP) is 10.7. The van der Waals surface area contributed by atoms with Gasteiger partial charge in [0.1, 0.15) is 11.5 Å². The maximum absolute atomic E-state index is 10.8. The highest BCUT2D eigenvalue weighted by Gasteiger charge is 2.11. The van der Waals surface area contributed by atoms with Crippen molar-refractivity contribution in [1.82, 2.24) is 9.97 Å². The first-order chi connectivity index (χ1) is 26.7. The van der Waals surface area contributed by atoms with E-state index in [1.807, 2.05) is 130 Å². The third kappa shape index (κ3) is 14.7. The number of nitrogens with zero attached hydrogens (tertiary/aromatic N) is 2. The summed E-state index contributed by atoms with van der Waals surface area (Å²) in [5.41, 5.74) is 15.0. The Morgan fingerprint density at radius 1 is 0.673 bits per heavy atom. The molecular weight excluding hydrogens is 773 g/mol. The smallest absolute Gasteiger partial charge is 0.297 e. The summed E-state index contributed by atoms with van der Waals surface area (Å²) in [5, 5.41) is 10.1. The lowest BCUT2D eigenvalue weighted by atomic mass is 10.2. The molecule has 0 fully saturated rings. The lowest BCUT2D eigenvalue weighted by molar-refractivity contribution is 0.0734. The van der Waals surface area contributed by atoms with Crippen LogP contribution in [0.25, 0.3) is 0 Å². The summed E-state index contributed by atoms with van der Waals surface area (Å²) >= 11 is 3.28. The Kier molecular flexibility index (Phi) is 17.5. The van der Waals surface area contributed by atoms with E-state index in [1.165, 1.54) is 5.56 Å². The number of hydrogen-bond acceptors (Lipinski definition) is 10. The fraction of sp³-hybridized carbons (Fsp3) is 0.209. The van der Waals surface area contributed by atoms with Crippen molar-refractivity contribution < 1.29 is 18.7 Å². The number of anilines is 7. The van der Waals surface area contributed by atoms with Gasteiger partial charge in [-0.1, -0.05) is 30.3 Å². The van der Waals surface area contributed by atoms with Gasteiger partial charge in [0.2, 0.25) is 0 Å². The number of benzene rings is 4. The molecule has 2 aromatic heterocycles. The highest BCUT2D eigenvalue weighted by molar-refractivity contribution is 9.10. The van der Waals surface area contributed by atoms with Gasteiger partial charge in [-0.05, 0) is 134 Å². The molecule has 2 unspecified atom stereocenters. The van der Waals surface area contributed by atoms with Gasteiger partial charge in [0.15, 0.2) is 0 Å². The number of methoxy groups -OCH3 is 1. The monoisotopic (exact) mass is 820 g/mol. The van der Waals surface area contributed by atoms with Crippen LogP contribution in [0.3, 0.4) is 0 Å². The molecule has 10 nitrogen and oxygen atoms in total. The van der Waals surface area contributed by atoms with Crippen molar-refractivity contribution in [1.29, 1.82) is 0 Å². The summed E-state index contributed by atoms with van der Waals surface area (Å²) in [5.74, 6) is 0.821. The Morgan fingerprint density at radius 3 is 1.80 bits per heavy atom. The van der Waals surface area contributed by atoms with Crippen molar-refractivity contribution in [3.63, 3.8) is 0 Å². The van der Waals surface area contributed by atoms with Crippen LogP contribution < -0.4 is 26.4 Å². The maximum Gasteiger partial charge on any atom is 0.297 e. The molecule has 0 radical (unpaired) electrons.